The number of halogens is 1. The predicted molar refractivity (Wildman–Crippen MR) is 128 cm³/mol. The number of nitrogens with zero attached hydrogens (tertiary/aromatic N) is 5. The van der Waals surface area contributed by atoms with Gasteiger partial charge in [-0.05, 0) is 24.8 Å². The first-order valence-electron chi connectivity index (χ1n) is 10.1. The highest BCUT2D eigenvalue weighted by Crippen LogP contribution is 2.17. The summed E-state index contributed by atoms with van der Waals surface area (Å²) in [6.45, 7) is 4.61. The molecule has 3 heterocycles. The Kier molecular flexibility index (Phi) is 7.97. The summed E-state index contributed by atoms with van der Waals surface area (Å²) in [5.41, 5.74) is 0.978. The molecule has 3 aromatic rings. The fourth-order valence-electron chi connectivity index (χ4n) is 3.64. The number of aliphatic imine (C=N–C) groups is 1. The Hall–Kier alpha value is -2.27. The van der Waals surface area contributed by atoms with Crippen LogP contribution in [0, 0.1) is 0 Å². The number of hydrogen-bond donors (Lipinski definition) is 2. The molecular weight excluding hydrogens is 493 g/mol. The van der Waals surface area contributed by atoms with Gasteiger partial charge in [0.2, 0.25) is 0 Å². The highest BCUT2D eigenvalue weighted by atomic mass is 127. The maximum Gasteiger partial charge on any atom is 0.191 e. The minimum Gasteiger partial charge on any atom is -0.377 e. The number of aryl methyl sites for hydroxylation is 1. The van der Waals surface area contributed by atoms with Gasteiger partial charge in [0.1, 0.15) is 12.4 Å². The molecule has 1 unspecified atom stereocenters. The Bertz CT molecular complexity index is 999. The van der Waals surface area contributed by atoms with Crippen molar-refractivity contribution in [2.45, 2.75) is 45.5 Å². The lowest BCUT2D eigenvalue weighted by molar-refractivity contribution is 0.177. The molecular formula is C21H28IN7O. The van der Waals surface area contributed by atoms with Gasteiger partial charge in [-0.25, -0.2) is 14.7 Å². The van der Waals surface area contributed by atoms with Crippen molar-refractivity contribution in [1.82, 2.24) is 30.4 Å². The van der Waals surface area contributed by atoms with Crippen molar-refractivity contribution < 1.29 is 4.74 Å². The van der Waals surface area contributed by atoms with E-state index < -0.39 is 0 Å². The predicted octanol–water partition coefficient (Wildman–Crippen LogP) is 2.66. The third-order valence-electron chi connectivity index (χ3n) is 5.00. The van der Waals surface area contributed by atoms with Crippen LogP contribution in [0.1, 0.15) is 30.7 Å². The smallest absolute Gasteiger partial charge is 0.191 e. The van der Waals surface area contributed by atoms with Crippen molar-refractivity contribution in [3.63, 3.8) is 0 Å². The van der Waals surface area contributed by atoms with Crippen molar-refractivity contribution in [2.75, 3.05) is 13.7 Å². The molecule has 9 heteroatoms. The van der Waals surface area contributed by atoms with Crippen molar-refractivity contribution >= 4 is 40.7 Å². The lowest BCUT2D eigenvalue weighted by atomic mass is 10.1. The number of hydrogen-bond acceptors (Lipinski definition) is 5. The van der Waals surface area contributed by atoms with E-state index in [1.165, 1.54) is 5.39 Å². The van der Waals surface area contributed by atoms with Crippen LogP contribution in [0.4, 0.5) is 0 Å². The van der Waals surface area contributed by atoms with E-state index >= 15 is 0 Å². The van der Waals surface area contributed by atoms with Gasteiger partial charge in [0.15, 0.2) is 11.8 Å². The fraction of sp³-hybridized carbons (Fsp3) is 0.429. The summed E-state index contributed by atoms with van der Waals surface area (Å²) in [6, 6.07) is 10.6. The van der Waals surface area contributed by atoms with Crippen LogP contribution in [0.25, 0.3) is 10.8 Å². The molecule has 1 aliphatic rings. The van der Waals surface area contributed by atoms with Gasteiger partial charge in [-0.15, -0.1) is 24.0 Å². The van der Waals surface area contributed by atoms with Gasteiger partial charge in [0, 0.05) is 37.7 Å². The average Bonchev–Trinajstić information content (AvgIpc) is 3.14. The number of aromatic nitrogens is 4. The second-order valence-corrected chi connectivity index (χ2v) is 7.11. The highest BCUT2D eigenvalue weighted by molar-refractivity contribution is 14.0. The van der Waals surface area contributed by atoms with Crippen molar-refractivity contribution in [2.24, 2.45) is 4.99 Å². The average molecular weight is 521 g/mol. The second kappa shape index (κ2) is 10.7. The lowest BCUT2D eigenvalue weighted by Gasteiger charge is -2.25. The topological polar surface area (TPSA) is 89.2 Å². The van der Waals surface area contributed by atoms with E-state index in [1.54, 1.807) is 7.11 Å². The summed E-state index contributed by atoms with van der Waals surface area (Å²) in [4.78, 5) is 13.9. The molecule has 1 aliphatic heterocycles. The Labute approximate surface area is 193 Å². The maximum atomic E-state index is 5.14. The minimum atomic E-state index is 0. The zero-order valence-corrected chi connectivity index (χ0v) is 19.7. The molecule has 0 saturated heterocycles. The quantitative estimate of drug-likeness (QED) is 0.295. The van der Waals surface area contributed by atoms with Gasteiger partial charge in [-0.2, -0.15) is 5.10 Å². The summed E-state index contributed by atoms with van der Waals surface area (Å²) >= 11 is 0. The maximum absolute atomic E-state index is 5.14. The zero-order chi connectivity index (χ0) is 20.1. The molecule has 0 saturated carbocycles. The molecule has 2 N–H and O–H groups in total. The van der Waals surface area contributed by atoms with Gasteiger partial charge in [0.05, 0.1) is 18.8 Å². The standard InChI is InChI=1S/C21H27N7O.HI/c1-3-22-21(24-12-18-17-7-5-4-6-15(17)10-11-23-18)25-16-8-9-20-26-19(14-29-2)27-28(20)13-16;/h4-7,10-11,16H,3,8-9,12-14H2,1-2H3,(H2,22,24,25);1H. The van der Waals surface area contributed by atoms with Gasteiger partial charge in [-0.3, -0.25) is 4.98 Å². The van der Waals surface area contributed by atoms with Crippen molar-refractivity contribution in [3.8, 4) is 0 Å². The summed E-state index contributed by atoms with van der Waals surface area (Å²) < 4.78 is 7.12. The SMILES string of the molecule is CCNC(=NCc1nccc2ccccc12)NC1CCc2nc(COC)nn2C1.I. The van der Waals surface area contributed by atoms with E-state index in [4.69, 9.17) is 9.73 Å². The molecule has 160 valence electrons. The lowest BCUT2D eigenvalue weighted by Crippen LogP contribution is -2.47. The summed E-state index contributed by atoms with van der Waals surface area (Å²) in [7, 11) is 1.66. The normalized spacial score (nSPS) is 16.1. The molecule has 30 heavy (non-hydrogen) atoms. The molecule has 0 radical (unpaired) electrons. The molecule has 0 spiro atoms. The van der Waals surface area contributed by atoms with Crippen molar-refractivity contribution in [1.29, 1.82) is 0 Å². The van der Waals surface area contributed by atoms with Crippen LogP contribution in [-0.4, -0.2) is 45.4 Å². The first-order valence-corrected chi connectivity index (χ1v) is 10.1. The molecule has 0 amide bonds. The molecule has 4 rings (SSSR count). The van der Waals surface area contributed by atoms with Crippen LogP contribution in [0.15, 0.2) is 41.5 Å². The van der Waals surface area contributed by atoms with Crippen molar-refractivity contribution in [3.05, 3.63) is 53.9 Å². The number of ether oxygens (including phenoxy) is 1. The summed E-state index contributed by atoms with van der Waals surface area (Å²) in [5, 5.41) is 13.8. The van der Waals surface area contributed by atoms with Crippen LogP contribution in [0.5, 0.6) is 0 Å². The highest BCUT2D eigenvalue weighted by Gasteiger charge is 2.22. The largest absolute Gasteiger partial charge is 0.377 e. The number of pyridine rings is 1. The summed E-state index contributed by atoms with van der Waals surface area (Å²) in [6.07, 6.45) is 3.72. The molecule has 1 atom stereocenters. The van der Waals surface area contributed by atoms with Gasteiger partial charge in [-0.1, -0.05) is 24.3 Å². The Balaban J connectivity index is 0.00000256. The van der Waals surface area contributed by atoms with Crippen LogP contribution in [-0.2, 0) is 30.9 Å². The van der Waals surface area contributed by atoms with E-state index in [1.807, 2.05) is 29.1 Å². The van der Waals surface area contributed by atoms with E-state index in [0.717, 1.165) is 54.6 Å². The first-order chi connectivity index (χ1) is 14.3. The Morgan fingerprint density at radius 3 is 3.00 bits per heavy atom. The number of fused-ring (bicyclic) bond motifs is 2. The molecule has 2 aromatic heterocycles. The van der Waals surface area contributed by atoms with E-state index in [-0.39, 0.29) is 30.0 Å². The molecule has 0 fully saturated rings. The third kappa shape index (κ3) is 5.25. The Morgan fingerprint density at radius 2 is 2.17 bits per heavy atom. The van der Waals surface area contributed by atoms with E-state index in [2.05, 4.69) is 44.8 Å². The molecule has 0 bridgehead atoms. The van der Waals surface area contributed by atoms with E-state index in [0.29, 0.717) is 13.2 Å². The molecule has 8 nitrogen and oxygen atoms in total. The molecule has 0 aliphatic carbocycles. The van der Waals surface area contributed by atoms with Crippen LogP contribution >= 0.6 is 24.0 Å². The van der Waals surface area contributed by atoms with E-state index in [9.17, 15) is 0 Å². The van der Waals surface area contributed by atoms with Gasteiger partial charge < -0.3 is 15.4 Å². The number of guanidine groups is 1. The number of rotatable bonds is 6. The Morgan fingerprint density at radius 1 is 1.30 bits per heavy atom. The summed E-state index contributed by atoms with van der Waals surface area (Å²) in [5.74, 6) is 2.57. The first kappa shape index (κ1) is 22.4. The number of nitrogens with one attached hydrogen (secondary N) is 2. The third-order valence-corrected chi connectivity index (χ3v) is 5.00. The fourth-order valence-corrected chi connectivity index (χ4v) is 3.64. The minimum absolute atomic E-state index is 0. The second-order valence-electron chi connectivity index (χ2n) is 7.11. The van der Waals surface area contributed by atoms with Crippen LogP contribution < -0.4 is 10.6 Å². The van der Waals surface area contributed by atoms with Crippen LogP contribution in [0.2, 0.25) is 0 Å². The zero-order valence-electron chi connectivity index (χ0n) is 17.3. The van der Waals surface area contributed by atoms with Gasteiger partial charge >= 0.3 is 0 Å². The number of methoxy groups -OCH3 is 1. The number of benzene rings is 1. The molecule has 1 aromatic carbocycles. The monoisotopic (exact) mass is 521 g/mol. The van der Waals surface area contributed by atoms with Crippen LogP contribution in [0.3, 0.4) is 0 Å². The van der Waals surface area contributed by atoms with Gasteiger partial charge in [0.25, 0.3) is 0 Å².